The topological polar surface area (TPSA) is 68.2 Å². The number of ether oxygens (including phenoxy) is 2. The van der Waals surface area contributed by atoms with Gasteiger partial charge < -0.3 is 9.47 Å². The maximum atomic E-state index is 12.3. The van der Waals surface area contributed by atoms with E-state index < -0.39 is 11.8 Å². The molecule has 2 aromatic carbocycles. The second-order valence-corrected chi connectivity index (χ2v) is 5.82. The van der Waals surface area contributed by atoms with Gasteiger partial charge in [0.2, 0.25) is 0 Å². The molecule has 2 aromatic rings. The first-order chi connectivity index (χ1) is 12.7. The van der Waals surface area contributed by atoms with E-state index in [1.807, 2.05) is 0 Å². The fourth-order valence-corrected chi connectivity index (χ4v) is 2.62. The standard InChI is InChI=1S/C20H20N2O4/c1-3-4-11-26-17-10-9-14(12-18(17)25-2)13-21-22-19(23)15-7-5-6-8-16(15)20(22)24/h5-10,12-13H,3-4,11H2,1-2H3/b21-13-. The van der Waals surface area contributed by atoms with Crippen LogP contribution in [-0.4, -0.2) is 36.8 Å². The number of hydrazone groups is 1. The van der Waals surface area contributed by atoms with Gasteiger partial charge in [0, 0.05) is 0 Å². The average molecular weight is 352 g/mol. The molecule has 0 radical (unpaired) electrons. The lowest BCUT2D eigenvalue weighted by molar-refractivity contribution is 0.0660. The second-order valence-electron chi connectivity index (χ2n) is 5.82. The number of hydrogen-bond acceptors (Lipinski definition) is 5. The van der Waals surface area contributed by atoms with Crippen molar-refractivity contribution in [1.82, 2.24) is 5.01 Å². The molecule has 26 heavy (non-hydrogen) atoms. The van der Waals surface area contributed by atoms with E-state index in [4.69, 9.17) is 9.47 Å². The molecular weight excluding hydrogens is 332 g/mol. The van der Waals surface area contributed by atoms with Crippen LogP contribution in [0, 0.1) is 0 Å². The average Bonchev–Trinajstić information content (AvgIpc) is 2.92. The summed E-state index contributed by atoms with van der Waals surface area (Å²) in [6, 6.07) is 12.0. The molecule has 0 atom stereocenters. The van der Waals surface area contributed by atoms with Crippen molar-refractivity contribution in [1.29, 1.82) is 0 Å². The van der Waals surface area contributed by atoms with Crippen LogP contribution in [-0.2, 0) is 0 Å². The second kappa shape index (κ2) is 7.82. The molecule has 0 saturated heterocycles. The summed E-state index contributed by atoms with van der Waals surface area (Å²) in [5.74, 6) is 0.382. The molecule has 134 valence electrons. The molecule has 0 fully saturated rings. The number of amides is 2. The van der Waals surface area contributed by atoms with Gasteiger partial charge in [-0.1, -0.05) is 25.5 Å². The van der Waals surface area contributed by atoms with Crippen molar-refractivity contribution in [3.05, 3.63) is 59.2 Å². The zero-order valence-corrected chi connectivity index (χ0v) is 14.8. The van der Waals surface area contributed by atoms with Crippen LogP contribution in [0.15, 0.2) is 47.6 Å². The summed E-state index contributed by atoms with van der Waals surface area (Å²) in [5, 5.41) is 4.94. The van der Waals surface area contributed by atoms with E-state index in [9.17, 15) is 9.59 Å². The van der Waals surface area contributed by atoms with E-state index in [1.54, 1.807) is 49.6 Å². The smallest absolute Gasteiger partial charge is 0.282 e. The summed E-state index contributed by atoms with van der Waals surface area (Å²) in [5.41, 5.74) is 1.43. The highest BCUT2D eigenvalue weighted by Crippen LogP contribution is 2.28. The molecule has 0 aliphatic carbocycles. The van der Waals surface area contributed by atoms with Crippen LogP contribution in [0.2, 0.25) is 0 Å². The lowest BCUT2D eigenvalue weighted by atomic mass is 10.1. The Balaban J connectivity index is 1.77. The quantitative estimate of drug-likeness (QED) is 0.434. The zero-order valence-electron chi connectivity index (χ0n) is 14.8. The Morgan fingerprint density at radius 1 is 1.04 bits per heavy atom. The summed E-state index contributed by atoms with van der Waals surface area (Å²) in [6.07, 6.45) is 3.47. The molecule has 3 rings (SSSR count). The summed E-state index contributed by atoms with van der Waals surface area (Å²) >= 11 is 0. The lowest BCUT2D eigenvalue weighted by Crippen LogP contribution is -2.23. The Kier molecular flexibility index (Phi) is 5.31. The van der Waals surface area contributed by atoms with Crippen molar-refractivity contribution in [3.63, 3.8) is 0 Å². The lowest BCUT2D eigenvalue weighted by Gasteiger charge is -2.11. The van der Waals surface area contributed by atoms with Gasteiger partial charge in [-0.3, -0.25) is 9.59 Å². The molecule has 0 spiro atoms. The van der Waals surface area contributed by atoms with Crippen LogP contribution in [0.4, 0.5) is 0 Å². The Hall–Kier alpha value is -3.15. The number of carbonyl (C=O) groups excluding carboxylic acids is 2. The first-order valence-electron chi connectivity index (χ1n) is 8.48. The predicted octanol–water partition coefficient (Wildman–Crippen LogP) is 3.50. The maximum Gasteiger partial charge on any atom is 0.282 e. The third-order valence-electron chi connectivity index (χ3n) is 4.04. The highest BCUT2D eigenvalue weighted by Gasteiger charge is 2.35. The molecular formula is C20H20N2O4. The molecule has 0 bridgehead atoms. The summed E-state index contributed by atoms with van der Waals surface area (Å²) < 4.78 is 11.0. The summed E-state index contributed by atoms with van der Waals surface area (Å²) in [7, 11) is 1.56. The van der Waals surface area contributed by atoms with Crippen molar-refractivity contribution in [2.24, 2.45) is 5.10 Å². The van der Waals surface area contributed by atoms with E-state index in [1.165, 1.54) is 6.21 Å². The molecule has 1 aliphatic rings. The van der Waals surface area contributed by atoms with Crippen LogP contribution in [0.5, 0.6) is 11.5 Å². The number of fused-ring (bicyclic) bond motifs is 1. The monoisotopic (exact) mass is 352 g/mol. The number of imide groups is 1. The van der Waals surface area contributed by atoms with Gasteiger partial charge in [0.25, 0.3) is 11.8 Å². The molecule has 1 heterocycles. The van der Waals surface area contributed by atoms with Gasteiger partial charge in [-0.25, -0.2) is 0 Å². The van der Waals surface area contributed by atoms with E-state index in [0.29, 0.717) is 34.8 Å². The van der Waals surface area contributed by atoms with Gasteiger partial charge in [-0.15, -0.1) is 0 Å². The van der Waals surface area contributed by atoms with Crippen LogP contribution >= 0.6 is 0 Å². The van der Waals surface area contributed by atoms with Crippen LogP contribution in [0.25, 0.3) is 0 Å². The first kappa shape index (κ1) is 17.7. The van der Waals surface area contributed by atoms with Crippen LogP contribution in [0.3, 0.4) is 0 Å². The zero-order chi connectivity index (χ0) is 18.5. The third kappa shape index (κ3) is 3.44. The minimum atomic E-state index is -0.423. The van der Waals surface area contributed by atoms with Crippen LogP contribution in [0.1, 0.15) is 46.0 Å². The number of methoxy groups -OCH3 is 1. The largest absolute Gasteiger partial charge is 0.493 e. The van der Waals surface area contributed by atoms with Gasteiger partial charge in [0.05, 0.1) is 31.1 Å². The number of benzene rings is 2. The highest BCUT2D eigenvalue weighted by molar-refractivity contribution is 6.21. The van der Waals surface area contributed by atoms with Gasteiger partial charge in [0.15, 0.2) is 11.5 Å². The number of carbonyl (C=O) groups is 2. The minimum absolute atomic E-state index is 0.368. The Morgan fingerprint density at radius 2 is 1.73 bits per heavy atom. The van der Waals surface area contributed by atoms with Crippen LogP contribution < -0.4 is 9.47 Å². The van der Waals surface area contributed by atoms with Gasteiger partial charge in [-0.2, -0.15) is 10.1 Å². The van der Waals surface area contributed by atoms with E-state index in [0.717, 1.165) is 17.9 Å². The van der Waals surface area contributed by atoms with Crippen molar-refractivity contribution in [3.8, 4) is 11.5 Å². The highest BCUT2D eigenvalue weighted by atomic mass is 16.5. The first-order valence-corrected chi connectivity index (χ1v) is 8.48. The fourth-order valence-electron chi connectivity index (χ4n) is 2.62. The molecule has 0 unspecified atom stereocenters. The van der Waals surface area contributed by atoms with E-state index >= 15 is 0 Å². The van der Waals surface area contributed by atoms with E-state index in [2.05, 4.69) is 12.0 Å². The molecule has 2 amide bonds. The number of hydrogen-bond donors (Lipinski definition) is 0. The summed E-state index contributed by atoms with van der Waals surface area (Å²) in [4.78, 5) is 24.6. The number of nitrogens with zero attached hydrogens (tertiary/aromatic N) is 2. The van der Waals surface area contributed by atoms with E-state index in [-0.39, 0.29) is 0 Å². The normalized spacial score (nSPS) is 13.4. The molecule has 0 aromatic heterocycles. The number of unbranched alkanes of at least 4 members (excludes halogenated alkanes) is 1. The molecule has 6 heteroatoms. The molecule has 0 saturated carbocycles. The Morgan fingerprint density at radius 3 is 2.35 bits per heavy atom. The third-order valence-corrected chi connectivity index (χ3v) is 4.04. The van der Waals surface area contributed by atoms with Crippen molar-refractivity contribution in [2.45, 2.75) is 19.8 Å². The van der Waals surface area contributed by atoms with Gasteiger partial charge in [-0.05, 0) is 42.3 Å². The van der Waals surface area contributed by atoms with Gasteiger partial charge in [0.1, 0.15) is 0 Å². The Bertz CT molecular complexity index is 826. The maximum absolute atomic E-state index is 12.3. The fraction of sp³-hybridized carbons (Fsp3) is 0.250. The Labute approximate surface area is 152 Å². The minimum Gasteiger partial charge on any atom is -0.493 e. The molecule has 6 nitrogen and oxygen atoms in total. The van der Waals surface area contributed by atoms with Crippen molar-refractivity contribution >= 4 is 18.0 Å². The van der Waals surface area contributed by atoms with Crippen molar-refractivity contribution < 1.29 is 19.1 Å². The number of rotatable bonds is 7. The predicted molar refractivity (Wildman–Crippen MR) is 97.9 cm³/mol. The molecule has 0 N–H and O–H groups in total. The van der Waals surface area contributed by atoms with Crippen molar-refractivity contribution in [2.75, 3.05) is 13.7 Å². The molecule has 1 aliphatic heterocycles. The van der Waals surface area contributed by atoms with Gasteiger partial charge >= 0.3 is 0 Å². The SMILES string of the molecule is CCCCOc1ccc(/C=N\N2C(=O)c3ccccc3C2=O)cc1OC. The summed E-state index contributed by atoms with van der Waals surface area (Å²) in [6.45, 7) is 2.72.